The summed E-state index contributed by atoms with van der Waals surface area (Å²) in [6.07, 6.45) is 13.4. The van der Waals surface area contributed by atoms with E-state index in [0.717, 1.165) is 68.6 Å². The number of anilines is 1. The molecule has 0 unspecified atom stereocenters. The number of rotatable bonds is 16. The van der Waals surface area contributed by atoms with E-state index in [1.54, 1.807) is 18.2 Å². The van der Waals surface area contributed by atoms with Crippen molar-refractivity contribution in [1.82, 2.24) is 5.32 Å². The van der Waals surface area contributed by atoms with Crippen LogP contribution in [0.2, 0.25) is 13.1 Å². The van der Waals surface area contributed by atoms with Gasteiger partial charge in [0, 0.05) is 55.5 Å². The van der Waals surface area contributed by atoms with Crippen LogP contribution < -0.4 is 15.4 Å². The van der Waals surface area contributed by atoms with Crippen LogP contribution in [0.25, 0.3) is 5.57 Å². The summed E-state index contributed by atoms with van der Waals surface area (Å²) in [6.45, 7) is 11.4. The average molecular weight is 703 g/mol. The minimum atomic E-state index is -2.19. The number of amides is 1. The molecule has 0 atom stereocenters. The van der Waals surface area contributed by atoms with Gasteiger partial charge < -0.3 is 24.8 Å². The summed E-state index contributed by atoms with van der Waals surface area (Å²) < 4.78 is 13.7. The lowest BCUT2D eigenvalue weighted by Gasteiger charge is -2.40. The van der Waals surface area contributed by atoms with Crippen LogP contribution in [-0.2, 0) is 9.47 Å². The molecule has 49 heavy (non-hydrogen) atoms. The summed E-state index contributed by atoms with van der Waals surface area (Å²) in [5, 5.41) is 16.0. The number of aromatic carboxylic acids is 1. The van der Waals surface area contributed by atoms with Gasteiger partial charge >= 0.3 is 5.97 Å². The maximum absolute atomic E-state index is 13.4. The number of carbonyl (C=O) groups excluding carboxylic acids is 1. The molecule has 4 aliphatic rings. The number of unbranched alkanes of at least 4 members (excludes halogenated alkanes) is 3. The van der Waals surface area contributed by atoms with Crippen LogP contribution in [0.1, 0.15) is 70.4 Å². The van der Waals surface area contributed by atoms with E-state index in [4.69, 9.17) is 21.1 Å². The second kappa shape index (κ2) is 16.0. The molecule has 0 saturated carbocycles. The van der Waals surface area contributed by atoms with Crippen LogP contribution in [-0.4, -0.2) is 100 Å². The number of nitrogens with one attached hydrogen (secondary N) is 1. The molecule has 10 heteroatoms. The second-order valence-electron chi connectivity index (χ2n) is 13.8. The van der Waals surface area contributed by atoms with Crippen LogP contribution >= 0.6 is 11.6 Å². The van der Waals surface area contributed by atoms with E-state index < -0.39 is 14.0 Å². The Morgan fingerprint density at radius 2 is 1.69 bits per heavy atom. The zero-order chi connectivity index (χ0) is 34.4. The number of ether oxygens (including phenoxy) is 2. The number of carboxylic acids is 1. The third kappa shape index (κ3) is 7.80. The molecule has 2 aromatic rings. The molecule has 1 aliphatic carbocycles. The molecule has 0 aromatic heterocycles. The Balaban J connectivity index is 1.24. The molecule has 8 nitrogen and oxygen atoms in total. The molecule has 3 heterocycles. The van der Waals surface area contributed by atoms with Crippen LogP contribution in [0.3, 0.4) is 0 Å². The number of benzene rings is 2. The van der Waals surface area contributed by atoms with Gasteiger partial charge in [-0.05, 0) is 88.3 Å². The average Bonchev–Trinajstić information content (AvgIpc) is 3.04. The summed E-state index contributed by atoms with van der Waals surface area (Å²) in [5.41, 5.74) is 6.65. The Morgan fingerprint density at radius 3 is 2.39 bits per heavy atom. The molecule has 3 aliphatic heterocycles. The number of fused-ring (bicyclic) bond motifs is 2. The van der Waals surface area contributed by atoms with Crippen molar-refractivity contribution in [3.8, 4) is 0 Å². The highest BCUT2D eigenvalue weighted by Crippen LogP contribution is 2.43. The van der Waals surface area contributed by atoms with Crippen LogP contribution in [0.5, 0.6) is 0 Å². The number of carboxylic acid groups (broad SMARTS) is 1. The minimum absolute atomic E-state index is 0.186. The van der Waals surface area contributed by atoms with Crippen molar-refractivity contribution >= 4 is 53.7 Å². The highest BCUT2D eigenvalue weighted by atomic mass is 35.5. The van der Waals surface area contributed by atoms with Gasteiger partial charge in [-0.1, -0.05) is 32.0 Å². The molecule has 2 N–H and O–H groups in total. The fourth-order valence-corrected chi connectivity index (χ4v) is 10.3. The predicted molar refractivity (Wildman–Crippen MR) is 200 cm³/mol. The smallest absolute Gasteiger partial charge is 0.336 e. The van der Waals surface area contributed by atoms with Crippen LogP contribution in [0, 0.1) is 0 Å². The first-order valence-electron chi connectivity index (χ1n) is 17.8. The van der Waals surface area contributed by atoms with Gasteiger partial charge in [-0.3, -0.25) is 4.79 Å². The van der Waals surface area contributed by atoms with Crippen molar-refractivity contribution in [3.05, 3.63) is 87.6 Å². The first kappa shape index (κ1) is 35.3. The van der Waals surface area contributed by atoms with Gasteiger partial charge in [-0.15, -0.1) is 11.6 Å². The third-order valence-electron chi connectivity index (χ3n) is 10.2. The number of carbonyl (C=O) groups is 2. The number of hydrogen-bond donors (Lipinski definition) is 2. The molecular formula is C39H49ClN3O5Si+. The van der Waals surface area contributed by atoms with Gasteiger partial charge in [0.15, 0.2) is 5.71 Å². The Hall–Kier alpha value is -3.50. The summed E-state index contributed by atoms with van der Waals surface area (Å²) in [5.74, 6) is -0.565. The van der Waals surface area contributed by atoms with Gasteiger partial charge in [-0.25, -0.2) is 9.37 Å². The number of hydrogen-bond acceptors (Lipinski definition) is 5. The molecule has 2 saturated heterocycles. The molecule has 1 amide bonds. The van der Waals surface area contributed by atoms with Gasteiger partial charge in [0.1, 0.15) is 21.2 Å². The highest BCUT2D eigenvalue weighted by molar-refractivity contribution is 6.98. The molecule has 6 rings (SSSR count). The molecule has 0 bridgehead atoms. The van der Waals surface area contributed by atoms with E-state index in [-0.39, 0.29) is 11.5 Å². The fourth-order valence-electron chi connectivity index (χ4n) is 7.05. The Kier molecular flexibility index (Phi) is 11.5. The van der Waals surface area contributed by atoms with Crippen molar-refractivity contribution in [2.75, 3.05) is 69.9 Å². The number of nitrogens with zero attached hydrogens (tertiary/aromatic N) is 2. The molecule has 0 radical (unpaired) electrons. The first-order valence-corrected chi connectivity index (χ1v) is 21.4. The number of halogens is 1. The first-order chi connectivity index (χ1) is 23.8. The van der Waals surface area contributed by atoms with Gasteiger partial charge in [0.25, 0.3) is 5.91 Å². The van der Waals surface area contributed by atoms with Crippen molar-refractivity contribution in [2.24, 2.45) is 0 Å². The number of allylic oxidation sites excluding steroid dienone is 5. The molecule has 2 aromatic carbocycles. The van der Waals surface area contributed by atoms with Gasteiger partial charge in [0.2, 0.25) is 0 Å². The van der Waals surface area contributed by atoms with Crippen molar-refractivity contribution < 1.29 is 28.7 Å². The fraction of sp³-hybridized carbons (Fsp3) is 0.462. The largest absolute Gasteiger partial charge is 0.478 e. The minimum Gasteiger partial charge on any atom is -0.478 e. The summed E-state index contributed by atoms with van der Waals surface area (Å²) in [6, 6.07) is 11.6. The van der Waals surface area contributed by atoms with Crippen molar-refractivity contribution in [1.29, 1.82) is 0 Å². The summed E-state index contributed by atoms with van der Waals surface area (Å²) >= 11 is 5.72. The third-order valence-corrected chi connectivity index (χ3v) is 14.0. The second-order valence-corrected chi connectivity index (χ2v) is 18.5. The maximum Gasteiger partial charge on any atom is 0.336 e. The zero-order valence-corrected chi connectivity index (χ0v) is 30.6. The van der Waals surface area contributed by atoms with E-state index in [1.165, 1.54) is 34.6 Å². The Morgan fingerprint density at radius 1 is 0.918 bits per heavy atom. The van der Waals surface area contributed by atoms with Crippen LogP contribution in [0.15, 0.2) is 65.4 Å². The maximum atomic E-state index is 13.4. The van der Waals surface area contributed by atoms with E-state index in [1.807, 2.05) is 0 Å². The topological polar surface area (TPSA) is 91.1 Å². The summed E-state index contributed by atoms with van der Waals surface area (Å²) in [7, 11) is -2.19. The zero-order valence-electron chi connectivity index (χ0n) is 28.9. The lowest BCUT2D eigenvalue weighted by molar-refractivity contribution is -0.582. The molecular weight excluding hydrogens is 654 g/mol. The molecule has 2 fully saturated rings. The SMILES string of the molecule is C[Si]1(C)C2=CC(=[N+]3CCC3)C=CC2=C(c2cc(C(=O)NCCOCCOCCCCCCCl)ccc2C(=O)O)c2ccc(N3CCC3)cc21. The monoisotopic (exact) mass is 702 g/mol. The normalized spacial score (nSPS) is 17.6. The molecule has 0 spiro atoms. The predicted octanol–water partition coefficient (Wildman–Crippen LogP) is 5.78. The van der Waals surface area contributed by atoms with E-state index in [2.05, 4.69) is 64.3 Å². The quantitative estimate of drug-likeness (QED) is 0.0998. The summed E-state index contributed by atoms with van der Waals surface area (Å²) in [4.78, 5) is 28.5. The lowest BCUT2D eigenvalue weighted by atomic mass is 9.86. The highest BCUT2D eigenvalue weighted by Gasteiger charge is 2.42. The van der Waals surface area contributed by atoms with Gasteiger partial charge in [-0.2, -0.15) is 0 Å². The Labute approximate surface area is 296 Å². The van der Waals surface area contributed by atoms with E-state index >= 15 is 0 Å². The lowest BCUT2D eigenvalue weighted by Crippen LogP contribution is -2.50. The van der Waals surface area contributed by atoms with Crippen molar-refractivity contribution in [2.45, 2.75) is 51.6 Å². The van der Waals surface area contributed by atoms with E-state index in [9.17, 15) is 14.7 Å². The van der Waals surface area contributed by atoms with Gasteiger partial charge in [0.05, 0.1) is 31.8 Å². The van der Waals surface area contributed by atoms with E-state index in [0.29, 0.717) is 50.0 Å². The Bertz CT molecular complexity index is 1700. The number of alkyl halides is 1. The van der Waals surface area contributed by atoms with Crippen molar-refractivity contribution in [3.63, 3.8) is 0 Å². The standard InChI is InChI=1S/C39H48ClN3O5Si/c1-49(2)35-26-29(42-17-7-18-42)10-13-32(35)37(33-14-11-30(27-36(33)49)43-19-8-20-43)34-25-28(9-12-31(34)39(45)46)38(44)41-16-22-48-24-23-47-21-6-4-3-5-15-40/h9-14,25-27H,3-8,15-24H2,1-2H3,(H-,41,44,45,46)/p+1. The van der Waals surface area contributed by atoms with Crippen LogP contribution in [0.4, 0.5) is 5.69 Å². The molecule has 260 valence electrons.